The average Bonchev–Trinajstić information content (AvgIpc) is 2.61. The van der Waals surface area contributed by atoms with Gasteiger partial charge in [-0.05, 0) is 49.8 Å². The molecule has 0 N–H and O–H groups in total. The quantitative estimate of drug-likeness (QED) is 0.856. The Bertz CT molecular complexity index is 628. The number of piperidine rings is 1. The van der Waals surface area contributed by atoms with Crippen molar-refractivity contribution in [2.75, 3.05) is 11.4 Å². The average molecular weight is 291 g/mol. The molecule has 1 atom stereocenters. The lowest BCUT2D eigenvalue weighted by atomic mass is 9.96. The molecule has 0 aliphatic carbocycles. The van der Waals surface area contributed by atoms with Crippen molar-refractivity contribution in [3.63, 3.8) is 0 Å². The van der Waals surface area contributed by atoms with Crippen LogP contribution in [0, 0.1) is 11.3 Å². The van der Waals surface area contributed by atoms with Gasteiger partial charge in [0.1, 0.15) is 11.9 Å². The van der Waals surface area contributed by atoms with E-state index in [2.05, 4.69) is 46.3 Å². The molecule has 1 aliphatic heterocycles. The van der Waals surface area contributed by atoms with Crippen LogP contribution in [0.2, 0.25) is 0 Å². The van der Waals surface area contributed by atoms with Gasteiger partial charge in [-0.3, -0.25) is 0 Å². The molecular weight excluding hydrogens is 270 g/mol. The lowest BCUT2D eigenvalue weighted by Crippen LogP contribution is -2.40. The summed E-state index contributed by atoms with van der Waals surface area (Å²) in [4.78, 5) is 6.91. The Morgan fingerprint density at radius 2 is 2.00 bits per heavy atom. The zero-order valence-electron chi connectivity index (χ0n) is 12.8. The van der Waals surface area contributed by atoms with Crippen LogP contribution in [0.15, 0.2) is 48.7 Å². The molecule has 2 heterocycles. The summed E-state index contributed by atoms with van der Waals surface area (Å²) in [5.74, 6) is 1.01. The minimum absolute atomic E-state index is 0.550. The molecule has 0 spiro atoms. The largest absolute Gasteiger partial charge is 0.354 e. The third-order valence-corrected chi connectivity index (χ3v) is 4.41. The second-order valence-corrected chi connectivity index (χ2v) is 5.88. The van der Waals surface area contributed by atoms with Crippen molar-refractivity contribution < 1.29 is 0 Å². The topological polar surface area (TPSA) is 39.9 Å². The van der Waals surface area contributed by atoms with E-state index in [1.165, 1.54) is 24.8 Å². The maximum absolute atomic E-state index is 8.90. The second kappa shape index (κ2) is 7.09. The Kier molecular flexibility index (Phi) is 4.70. The van der Waals surface area contributed by atoms with Crippen molar-refractivity contribution in [2.45, 2.75) is 38.1 Å². The highest BCUT2D eigenvalue weighted by Crippen LogP contribution is 2.26. The van der Waals surface area contributed by atoms with Crippen LogP contribution in [-0.2, 0) is 6.42 Å². The third-order valence-electron chi connectivity index (χ3n) is 4.41. The van der Waals surface area contributed by atoms with E-state index in [-0.39, 0.29) is 0 Å². The molecular formula is C19H21N3. The SMILES string of the molecule is N#Cc1ccc(N2CCCCC2CCc2ccccc2)nc1. The van der Waals surface area contributed by atoms with Gasteiger partial charge in [0.05, 0.1) is 5.56 Å². The van der Waals surface area contributed by atoms with Gasteiger partial charge in [-0.15, -0.1) is 0 Å². The molecule has 1 aliphatic rings. The summed E-state index contributed by atoms with van der Waals surface area (Å²) >= 11 is 0. The number of pyridine rings is 1. The summed E-state index contributed by atoms with van der Waals surface area (Å²) < 4.78 is 0. The summed E-state index contributed by atoms with van der Waals surface area (Å²) in [6, 6.07) is 17.2. The highest BCUT2D eigenvalue weighted by molar-refractivity contribution is 5.43. The number of hydrogen-bond acceptors (Lipinski definition) is 3. The Morgan fingerprint density at radius 3 is 2.73 bits per heavy atom. The van der Waals surface area contributed by atoms with Gasteiger partial charge in [0.2, 0.25) is 0 Å². The number of rotatable bonds is 4. The van der Waals surface area contributed by atoms with Crippen molar-refractivity contribution >= 4 is 5.82 Å². The summed E-state index contributed by atoms with van der Waals surface area (Å²) in [5, 5.41) is 8.90. The van der Waals surface area contributed by atoms with Crippen LogP contribution in [-0.4, -0.2) is 17.6 Å². The molecule has 3 rings (SSSR count). The first-order valence-electron chi connectivity index (χ1n) is 8.03. The fourth-order valence-corrected chi connectivity index (χ4v) is 3.20. The normalized spacial score (nSPS) is 18.0. The molecule has 1 saturated heterocycles. The van der Waals surface area contributed by atoms with E-state index < -0.39 is 0 Å². The van der Waals surface area contributed by atoms with Crippen molar-refractivity contribution in [3.05, 3.63) is 59.8 Å². The Hall–Kier alpha value is -2.34. The Morgan fingerprint density at radius 1 is 1.14 bits per heavy atom. The molecule has 0 amide bonds. The van der Waals surface area contributed by atoms with Crippen LogP contribution in [0.3, 0.4) is 0 Å². The van der Waals surface area contributed by atoms with Crippen molar-refractivity contribution in [1.29, 1.82) is 5.26 Å². The van der Waals surface area contributed by atoms with Gasteiger partial charge >= 0.3 is 0 Å². The van der Waals surface area contributed by atoms with Gasteiger partial charge in [0.25, 0.3) is 0 Å². The van der Waals surface area contributed by atoms with Crippen LogP contribution < -0.4 is 4.90 Å². The highest BCUT2D eigenvalue weighted by Gasteiger charge is 2.23. The predicted octanol–water partition coefficient (Wildman–Crippen LogP) is 3.94. The molecule has 0 bridgehead atoms. The number of nitriles is 1. The van der Waals surface area contributed by atoms with Gasteiger partial charge < -0.3 is 4.90 Å². The molecule has 0 radical (unpaired) electrons. The van der Waals surface area contributed by atoms with Crippen molar-refractivity contribution in [3.8, 4) is 6.07 Å². The van der Waals surface area contributed by atoms with E-state index >= 15 is 0 Å². The van der Waals surface area contributed by atoms with Crippen LogP contribution in [0.5, 0.6) is 0 Å². The van der Waals surface area contributed by atoms with Crippen LogP contribution in [0.25, 0.3) is 0 Å². The van der Waals surface area contributed by atoms with E-state index in [0.717, 1.165) is 25.2 Å². The molecule has 112 valence electrons. The molecule has 1 unspecified atom stereocenters. The van der Waals surface area contributed by atoms with Gasteiger partial charge in [0.15, 0.2) is 0 Å². The first kappa shape index (κ1) is 14.6. The van der Waals surface area contributed by atoms with Crippen molar-refractivity contribution in [2.24, 2.45) is 0 Å². The molecule has 2 aromatic rings. The fraction of sp³-hybridized carbons (Fsp3) is 0.368. The maximum atomic E-state index is 8.90. The summed E-state index contributed by atoms with van der Waals surface area (Å²) in [6.07, 6.45) is 7.70. The van der Waals surface area contributed by atoms with Crippen LogP contribution in [0.4, 0.5) is 5.82 Å². The van der Waals surface area contributed by atoms with E-state index in [1.807, 2.05) is 12.1 Å². The first-order valence-corrected chi connectivity index (χ1v) is 8.03. The number of aryl methyl sites for hydroxylation is 1. The molecule has 1 aromatic heterocycles. The monoisotopic (exact) mass is 291 g/mol. The summed E-state index contributed by atoms with van der Waals surface area (Å²) in [6.45, 7) is 1.07. The van der Waals surface area contributed by atoms with E-state index in [4.69, 9.17) is 5.26 Å². The van der Waals surface area contributed by atoms with E-state index in [1.54, 1.807) is 6.20 Å². The molecule has 1 fully saturated rings. The number of aromatic nitrogens is 1. The summed E-state index contributed by atoms with van der Waals surface area (Å²) in [5.41, 5.74) is 2.03. The number of hydrogen-bond donors (Lipinski definition) is 0. The Balaban J connectivity index is 1.69. The van der Waals surface area contributed by atoms with Gasteiger partial charge in [-0.1, -0.05) is 30.3 Å². The zero-order chi connectivity index (χ0) is 15.2. The fourth-order valence-electron chi connectivity index (χ4n) is 3.20. The predicted molar refractivity (Wildman–Crippen MR) is 88.7 cm³/mol. The molecule has 1 aromatic carbocycles. The molecule has 3 nitrogen and oxygen atoms in total. The number of anilines is 1. The number of benzene rings is 1. The third kappa shape index (κ3) is 3.46. The lowest BCUT2D eigenvalue weighted by Gasteiger charge is -2.37. The molecule has 3 heteroatoms. The van der Waals surface area contributed by atoms with E-state index in [9.17, 15) is 0 Å². The minimum Gasteiger partial charge on any atom is -0.354 e. The van der Waals surface area contributed by atoms with Crippen LogP contribution in [0.1, 0.15) is 36.8 Å². The molecule has 0 saturated carbocycles. The van der Waals surface area contributed by atoms with Crippen molar-refractivity contribution in [1.82, 2.24) is 4.98 Å². The standard InChI is InChI=1S/C19H21N3/c20-14-17-10-12-19(21-15-17)22-13-5-4-8-18(22)11-9-16-6-2-1-3-7-16/h1-3,6-7,10,12,15,18H,4-5,8-9,11,13H2. The Labute approximate surface area is 132 Å². The summed E-state index contributed by atoms with van der Waals surface area (Å²) in [7, 11) is 0. The minimum atomic E-state index is 0.550. The smallest absolute Gasteiger partial charge is 0.128 e. The van der Waals surface area contributed by atoms with E-state index in [0.29, 0.717) is 11.6 Å². The second-order valence-electron chi connectivity index (χ2n) is 5.88. The first-order chi connectivity index (χ1) is 10.9. The number of nitrogens with zero attached hydrogens (tertiary/aromatic N) is 3. The molecule has 22 heavy (non-hydrogen) atoms. The van der Waals surface area contributed by atoms with Crippen LogP contribution >= 0.6 is 0 Å². The lowest BCUT2D eigenvalue weighted by molar-refractivity contribution is 0.435. The van der Waals surface area contributed by atoms with Gasteiger partial charge in [0, 0.05) is 18.8 Å². The highest BCUT2D eigenvalue weighted by atomic mass is 15.2. The zero-order valence-corrected chi connectivity index (χ0v) is 12.8. The maximum Gasteiger partial charge on any atom is 0.128 e. The van der Waals surface area contributed by atoms with Gasteiger partial charge in [-0.2, -0.15) is 5.26 Å². The van der Waals surface area contributed by atoms with Gasteiger partial charge in [-0.25, -0.2) is 4.98 Å².